The quantitative estimate of drug-likeness (QED) is 0.635. The van der Waals surface area contributed by atoms with Crippen LogP contribution in [-0.2, 0) is 10.8 Å². The predicted octanol–water partition coefficient (Wildman–Crippen LogP) is 4.47. The first-order valence-corrected chi connectivity index (χ1v) is 6.55. The molecule has 1 unspecified atom stereocenters. The Kier molecular flexibility index (Phi) is 3.80. The second-order valence-corrected chi connectivity index (χ2v) is 7.08. The summed E-state index contributed by atoms with van der Waals surface area (Å²) in [4.78, 5) is 0. The molecule has 0 saturated heterocycles. The van der Waals surface area contributed by atoms with Crippen LogP contribution >= 0.6 is 8.89 Å². The van der Waals surface area contributed by atoms with Crippen molar-refractivity contribution >= 4 is 14.2 Å². The molecule has 0 amide bonds. The van der Waals surface area contributed by atoms with Gasteiger partial charge in [-0.2, -0.15) is 0 Å². The fraction of sp³-hybridized carbons (Fsp3) is 0.571. The lowest BCUT2D eigenvalue weighted by atomic mass is 9.81. The van der Waals surface area contributed by atoms with E-state index in [0.29, 0.717) is 0 Å². The summed E-state index contributed by atoms with van der Waals surface area (Å²) in [6.45, 7) is 13.0. The maximum atomic E-state index is 13.0. The minimum Gasteiger partial charge on any atom is -0.225 e. The Balaban J connectivity index is 3.34. The molecule has 0 aliphatic carbocycles. The Morgan fingerprint density at radius 1 is 0.938 bits per heavy atom. The normalized spacial score (nSPS) is 13.7. The molecular weight excluding hydrogens is 218 g/mol. The van der Waals surface area contributed by atoms with Crippen LogP contribution in [0.15, 0.2) is 18.2 Å². The fourth-order valence-electron chi connectivity index (χ4n) is 1.71. The van der Waals surface area contributed by atoms with Gasteiger partial charge in [0.25, 0.3) is 0 Å². The van der Waals surface area contributed by atoms with Gasteiger partial charge in [-0.15, -0.1) is 0 Å². The van der Waals surface area contributed by atoms with Crippen molar-refractivity contribution in [2.45, 2.75) is 52.4 Å². The molecular formula is C14H22FP. The van der Waals surface area contributed by atoms with Crippen LogP contribution < -0.4 is 5.30 Å². The monoisotopic (exact) mass is 240 g/mol. The molecule has 0 N–H and O–H groups in total. The molecule has 90 valence electrons. The third kappa shape index (κ3) is 3.04. The standard InChI is InChI=1S/C14H22FP/c1-13(2,3)10-7-8-12(16-15)11(9-10)14(4,5)6/h7-9,16H,1-6H3. The number of halogens is 1. The van der Waals surface area contributed by atoms with E-state index in [9.17, 15) is 4.20 Å². The van der Waals surface area contributed by atoms with Gasteiger partial charge in [-0.05, 0) is 22.0 Å². The highest BCUT2D eigenvalue weighted by atomic mass is 31.1. The molecule has 1 aromatic carbocycles. The molecule has 0 nitrogen and oxygen atoms in total. The van der Waals surface area contributed by atoms with Gasteiger partial charge in [0.15, 0.2) is 0 Å². The summed E-state index contributed by atoms with van der Waals surface area (Å²) >= 11 is 0. The van der Waals surface area contributed by atoms with Crippen LogP contribution in [0.5, 0.6) is 0 Å². The van der Waals surface area contributed by atoms with Crippen molar-refractivity contribution in [2.75, 3.05) is 0 Å². The van der Waals surface area contributed by atoms with Crippen molar-refractivity contribution in [1.82, 2.24) is 0 Å². The maximum Gasteiger partial charge on any atom is 0.0987 e. The van der Waals surface area contributed by atoms with Crippen LogP contribution in [0.3, 0.4) is 0 Å². The average Bonchev–Trinajstić information content (AvgIpc) is 2.14. The largest absolute Gasteiger partial charge is 0.225 e. The van der Waals surface area contributed by atoms with E-state index in [-0.39, 0.29) is 10.8 Å². The van der Waals surface area contributed by atoms with Crippen LogP contribution in [0.1, 0.15) is 52.7 Å². The summed E-state index contributed by atoms with van der Waals surface area (Å²) in [6, 6.07) is 6.17. The van der Waals surface area contributed by atoms with E-state index in [2.05, 4.69) is 53.7 Å². The topological polar surface area (TPSA) is 0 Å². The summed E-state index contributed by atoms with van der Waals surface area (Å²) in [5.74, 6) is 0. The van der Waals surface area contributed by atoms with Gasteiger partial charge in [-0.3, -0.25) is 0 Å². The zero-order valence-corrected chi connectivity index (χ0v) is 12.1. The van der Waals surface area contributed by atoms with Gasteiger partial charge >= 0.3 is 0 Å². The van der Waals surface area contributed by atoms with Crippen molar-refractivity contribution in [3.05, 3.63) is 29.3 Å². The molecule has 0 aromatic heterocycles. The third-order valence-electron chi connectivity index (χ3n) is 2.80. The van der Waals surface area contributed by atoms with Crippen LogP contribution in [0.25, 0.3) is 0 Å². The van der Waals surface area contributed by atoms with E-state index < -0.39 is 8.89 Å². The first-order valence-electron chi connectivity index (χ1n) is 5.68. The van der Waals surface area contributed by atoms with Crippen molar-refractivity contribution in [2.24, 2.45) is 0 Å². The minimum absolute atomic E-state index is 0.00961. The maximum absolute atomic E-state index is 13.0. The Morgan fingerprint density at radius 2 is 1.50 bits per heavy atom. The molecule has 0 aliphatic heterocycles. The van der Waals surface area contributed by atoms with Gasteiger partial charge in [0.2, 0.25) is 0 Å². The number of hydrogen-bond acceptors (Lipinski definition) is 0. The lowest BCUT2D eigenvalue weighted by molar-refractivity contribution is 0.571. The zero-order chi connectivity index (χ0) is 12.6. The minimum atomic E-state index is -0.618. The van der Waals surface area contributed by atoms with Gasteiger partial charge in [0.05, 0.1) is 8.89 Å². The Hall–Kier alpha value is -0.420. The van der Waals surface area contributed by atoms with E-state index in [4.69, 9.17) is 0 Å². The summed E-state index contributed by atoms with van der Waals surface area (Å²) < 4.78 is 13.0. The smallest absolute Gasteiger partial charge is 0.0987 e. The molecule has 2 heteroatoms. The number of benzene rings is 1. The van der Waals surface area contributed by atoms with Crippen LogP contribution in [0, 0.1) is 0 Å². The van der Waals surface area contributed by atoms with Crippen LogP contribution in [0.2, 0.25) is 0 Å². The Morgan fingerprint density at radius 3 is 1.88 bits per heavy atom. The number of rotatable bonds is 1. The average molecular weight is 240 g/mol. The fourth-order valence-corrected chi connectivity index (χ4v) is 2.41. The molecule has 1 rings (SSSR count). The summed E-state index contributed by atoms with van der Waals surface area (Å²) in [5, 5.41) is 0.848. The molecule has 0 aliphatic rings. The second-order valence-electron chi connectivity index (χ2n) is 6.35. The summed E-state index contributed by atoms with van der Waals surface area (Å²) in [7, 11) is -0.618. The highest BCUT2D eigenvalue weighted by Gasteiger charge is 2.21. The molecule has 1 aromatic rings. The zero-order valence-electron chi connectivity index (χ0n) is 11.1. The van der Waals surface area contributed by atoms with Gasteiger partial charge in [-0.1, -0.05) is 59.7 Å². The van der Waals surface area contributed by atoms with Crippen molar-refractivity contribution in [1.29, 1.82) is 0 Å². The lowest BCUT2D eigenvalue weighted by Crippen LogP contribution is -2.22. The molecule has 0 radical (unpaired) electrons. The lowest BCUT2D eigenvalue weighted by Gasteiger charge is -2.26. The van der Waals surface area contributed by atoms with Gasteiger partial charge < -0.3 is 0 Å². The van der Waals surface area contributed by atoms with Gasteiger partial charge in [0.1, 0.15) is 0 Å². The van der Waals surface area contributed by atoms with Gasteiger partial charge in [-0.25, -0.2) is 4.20 Å². The molecule has 16 heavy (non-hydrogen) atoms. The summed E-state index contributed by atoms with van der Waals surface area (Å²) in [6.07, 6.45) is 0. The SMILES string of the molecule is CC(C)(C)c1ccc(PF)c(C(C)(C)C)c1. The van der Waals surface area contributed by atoms with E-state index in [1.54, 1.807) is 0 Å². The van der Waals surface area contributed by atoms with Crippen molar-refractivity contribution < 1.29 is 4.20 Å². The van der Waals surface area contributed by atoms with E-state index in [1.165, 1.54) is 5.56 Å². The summed E-state index contributed by atoms with van der Waals surface area (Å²) in [5.41, 5.74) is 2.55. The van der Waals surface area contributed by atoms with Gasteiger partial charge in [0, 0.05) is 5.30 Å². The Labute approximate surface area is 101 Å². The Bertz CT molecular complexity index is 369. The molecule has 0 bridgehead atoms. The van der Waals surface area contributed by atoms with E-state index in [1.807, 2.05) is 6.07 Å². The third-order valence-corrected chi connectivity index (χ3v) is 3.44. The number of hydrogen-bond donors (Lipinski definition) is 0. The van der Waals surface area contributed by atoms with Crippen LogP contribution in [-0.4, -0.2) is 0 Å². The highest BCUT2D eigenvalue weighted by Crippen LogP contribution is 2.30. The molecule has 0 fully saturated rings. The first-order chi connectivity index (χ1) is 7.16. The van der Waals surface area contributed by atoms with Crippen molar-refractivity contribution in [3.63, 3.8) is 0 Å². The van der Waals surface area contributed by atoms with Crippen molar-refractivity contribution in [3.8, 4) is 0 Å². The first kappa shape index (κ1) is 13.6. The molecule has 0 saturated carbocycles. The highest BCUT2D eigenvalue weighted by molar-refractivity contribution is 7.41. The molecule has 0 spiro atoms. The molecule has 1 atom stereocenters. The van der Waals surface area contributed by atoms with Crippen LogP contribution in [0.4, 0.5) is 4.20 Å². The van der Waals surface area contributed by atoms with E-state index in [0.717, 1.165) is 10.9 Å². The van der Waals surface area contributed by atoms with E-state index >= 15 is 0 Å². The predicted molar refractivity (Wildman–Crippen MR) is 72.9 cm³/mol. The second kappa shape index (κ2) is 4.45. The molecule has 0 heterocycles.